The molecule has 1 fully saturated rings. The Kier molecular flexibility index (Phi) is 13.2. The van der Waals surface area contributed by atoms with Crippen LogP contribution in [0, 0.1) is 17.8 Å². The number of allylic oxidation sites excluding steroid dienone is 1. The largest absolute Gasteiger partial charge is 0.508 e. The molecule has 1 heterocycles. The number of fused-ring (bicyclic) bond motifs is 1. The van der Waals surface area contributed by atoms with Gasteiger partial charge in [-0.25, -0.2) is 0 Å². The van der Waals surface area contributed by atoms with E-state index in [9.17, 15) is 35.0 Å². The second kappa shape index (κ2) is 17.9. The standard InChI is InChI=1S/C46H54BNO8Si/c1-5-14-31(25-32-15-12-18-36(50)26-32)23-24-41(51)42-33(30-56-57(46(2,3)4,37-19-8-6-9-20-37)38-21-10-7-11-22-38)27-39-43(40(42)29-49)45(53)48(44(39)52)35-17-13-16-34(28-35)47(54)55/h6-13,15-22,25-26,28,39-41,43,49-51,54-55H,5,14,23-24,27,29-30H2,1-4H3/b31-25+/t39-,40+,41-,43-/m1/s1. The number of carbonyl (C=O) groups excluding carboxylic acids is 2. The highest BCUT2D eigenvalue weighted by molar-refractivity contribution is 6.99. The summed E-state index contributed by atoms with van der Waals surface area (Å²) in [6, 6.07) is 33.5. The van der Waals surface area contributed by atoms with Crippen LogP contribution in [0.5, 0.6) is 5.75 Å². The van der Waals surface area contributed by atoms with E-state index in [1.54, 1.807) is 30.3 Å². The lowest BCUT2D eigenvalue weighted by Gasteiger charge is -2.44. The molecule has 0 unspecified atom stereocenters. The fourth-order valence-electron chi connectivity index (χ4n) is 9.05. The van der Waals surface area contributed by atoms with E-state index in [0.717, 1.165) is 39.3 Å². The van der Waals surface area contributed by atoms with Crippen LogP contribution in [0.25, 0.3) is 6.08 Å². The number of aliphatic hydroxyl groups is 2. The van der Waals surface area contributed by atoms with Crippen molar-refractivity contribution >= 4 is 54.8 Å². The van der Waals surface area contributed by atoms with E-state index in [2.05, 4.69) is 52.0 Å². The molecule has 1 aliphatic carbocycles. The molecule has 4 aromatic rings. The summed E-state index contributed by atoms with van der Waals surface area (Å²) in [6.45, 7) is 8.23. The minimum atomic E-state index is -3.09. The van der Waals surface area contributed by atoms with Crippen LogP contribution in [0.4, 0.5) is 5.69 Å². The van der Waals surface area contributed by atoms with Crippen molar-refractivity contribution in [3.05, 3.63) is 131 Å². The van der Waals surface area contributed by atoms with E-state index >= 15 is 0 Å². The van der Waals surface area contributed by atoms with Crippen molar-refractivity contribution in [2.75, 3.05) is 18.1 Å². The minimum absolute atomic E-state index is 0.0774. The van der Waals surface area contributed by atoms with Gasteiger partial charge < -0.3 is 29.8 Å². The molecule has 11 heteroatoms. The summed E-state index contributed by atoms with van der Waals surface area (Å²) in [6.07, 6.45) is 3.61. The number of aromatic hydroxyl groups is 1. The summed E-state index contributed by atoms with van der Waals surface area (Å²) in [4.78, 5) is 29.8. The van der Waals surface area contributed by atoms with E-state index in [1.165, 1.54) is 12.1 Å². The van der Waals surface area contributed by atoms with Gasteiger partial charge in [-0.1, -0.05) is 131 Å². The zero-order chi connectivity index (χ0) is 40.9. The molecule has 0 radical (unpaired) electrons. The summed E-state index contributed by atoms with van der Waals surface area (Å²) < 4.78 is 7.39. The van der Waals surface area contributed by atoms with Gasteiger partial charge in [0.25, 0.3) is 8.32 Å². The quantitative estimate of drug-likeness (QED) is 0.0637. The van der Waals surface area contributed by atoms with Crippen molar-refractivity contribution in [2.24, 2.45) is 17.8 Å². The third-order valence-electron chi connectivity index (χ3n) is 11.6. The van der Waals surface area contributed by atoms with E-state index in [1.807, 2.05) is 48.5 Å². The molecule has 2 aliphatic rings. The van der Waals surface area contributed by atoms with Gasteiger partial charge in [-0.3, -0.25) is 14.5 Å². The number of phenolic OH excluding ortho intramolecular Hbond substituents is 1. The molecule has 0 aromatic heterocycles. The van der Waals surface area contributed by atoms with Gasteiger partial charge in [0.15, 0.2) is 0 Å². The van der Waals surface area contributed by atoms with Crippen LogP contribution in [0.3, 0.4) is 0 Å². The van der Waals surface area contributed by atoms with E-state index in [4.69, 9.17) is 4.43 Å². The van der Waals surface area contributed by atoms with Crippen molar-refractivity contribution in [3.63, 3.8) is 0 Å². The number of hydrogen-bond donors (Lipinski definition) is 5. The zero-order valence-corrected chi connectivity index (χ0v) is 34.2. The molecule has 1 saturated heterocycles. The fraction of sp³-hybridized carbons (Fsp3) is 0.348. The number of aliphatic hydroxyl groups excluding tert-OH is 2. The molecule has 298 valence electrons. The normalized spacial score (nSPS) is 19.5. The summed E-state index contributed by atoms with van der Waals surface area (Å²) in [5, 5.41) is 55.1. The van der Waals surface area contributed by atoms with E-state index < -0.39 is 57.7 Å². The summed E-state index contributed by atoms with van der Waals surface area (Å²) in [5.74, 6) is -3.41. The van der Waals surface area contributed by atoms with Crippen LogP contribution < -0.4 is 20.7 Å². The molecule has 6 rings (SSSR count). The second-order valence-corrected chi connectivity index (χ2v) is 20.6. The SMILES string of the molecule is CCC/C(=C\c1cccc(O)c1)CC[C@@H](O)C1=C(CO[Si](c2ccccc2)(c2ccccc2)C(C)(C)C)C[C@H]2C(=O)N(c3cccc(B(O)O)c3)C(=O)[C@H]2[C@H]1CO. The summed E-state index contributed by atoms with van der Waals surface area (Å²) in [5.41, 5.74) is 3.53. The van der Waals surface area contributed by atoms with Gasteiger partial charge >= 0.3 is 7.12 Å². The Morgan fingerprint density at radius 1 is 0.895 bits per heavy atom. The molecular formula is C46H54BNO8Si. The molecule has 0 bridgehead atoms. The Morgan fingerprint density at radius 3 is 2.12 bits per heavy atom. The average molecular weight is 788 g/mol. The highest BCUT2D eigenvalue weighted by Gasteiger charge is 2.56. The third-order valence-corrected chi connectivity index (χ3v) is 16.6. The summed E-state index contributed by atoms with van der Waals surface area (Å²) in [7, 11) is -4.88. The highest BCUT2D eigenvalue weighted by atomic mass is 28.4. The van der Waals surface area contributed by atoms with Crippen LogP contribution in [0.1, 0.15) is 65.4 Å². The van der Waals surface area contributed by atoms with Crippen molar-refractivity contribution in [3.8, 4) is 5.75 Å². The topological polar surface area (TPSA) is 148 Å². The molecule has 57 heavy (non-hydrogen) atoms. The number of amides is 2. The first-order valence-electron chi connectivity index (χ1n) is 19.9. The predicted octanol–water partition coefficient (Wildman–Crippen LogP) is 5.09. The molecule has 9 nitrogen and oxygen atoms in total. The number of hydrogen-bond acceptors (Lipinski definition) is 8. The third kappa shape index (κ3) is 8.65. The van der Waals surface area contributed by atoms with Crippen LogP contribution >= 0.6 is 0 Å². The molecule has 0 spiro atoms. The Labute approximate surface area is 337 Å². The number of anilines is 1. The lowest BCUT2D eigenvalue weighted by atomic mass is 9.68. The Balaban J connectivity index is 1.43. The first-order valence-corrected chi connectivity index (χ1v) is 21.8. The second-order valence-electron chi connectivity index (χ2n) is 16.3. The molecule has 5 N–H and O–H groups in total. The number of imide groups is 1. The molecule has 4 aromatic carbocycles. The van der Waals surface area contributed by atoms with Gasteiger partial charge in [-0.05, 0) is 87.5 Å². The van der Waals surface area contributed by atoms with E-state index in [-0.39, 0.29) is 35.0 Å². The number of carbonyl (C=O) groups is 2. The van der Waals surface area contributed by atoms with E-state index in [0.29, 0.717) is 24.0 Å². The minimum Gasteiger partial charge on any atom is -0.508 e. The fourth-order valence-corrected chi connectivity index (χ4v) is 13.6. The highest BCUT2D eigenvalue weighted by Crippen LogP contribution is 2.48. The van der Waals surface area contributed by atoms with Crippen molar-refractivity contribution < 1.29 is 39.4 Å². The van der Waals surface area contributed by atoms with Crippen LogP contribution in [0.15, 0.2) is 126 Å². The lowest BCUT2D eigenvalue weighted by Crippen LogP contribution is -2.66. The molecule has 0 saturated carbocycles. The smallest absolute Gasteiger partial charge is 0.488 e. The number of nitrogens with zero attached hydrogens (tertiary/aromatic N) is 1. The van der Waals surface area contributed by atoms with Gasteiger partial charge in [0, 0.05) is 5.92 Å². The predicted molar refractivity (Wildman–Crippen MR) is 228 cm³/mol. The number of phenols is 1. The van der Waals surface area contributed by atoms with Gasteiger partial charge in [-0.2, -0.15) is 0 Å². The first kappa shape index (κ1) is 42.0. The summed E-state index contributed by atoms with van der Waals surface area (Å²) >= 11 is 0. The van der Waals surface area contributed by atoms with Crippen molar-refractivity contribution in [2.45, 2.75) is 70.9 Å². The Morgan fingerprint density at radius 2 is 1.54 bits per heavy atom. The maximum atomic E-state index is 14.4. The Bertz CT molecular complexity index is 2060. The molecule has 1 aliphatic heterocycles. The van der Waals surface area contributed by atoms with Gasteiger partial charge in [-0.15, -0.1) is 0 Å². The molecular weight excluding hydrogens is 733 g/mol. The number of rotatable bonds is 15. The number of benzene rings is 4. The van der Waals surface area contributed by atoms with Crippen LogP contribution in [0.2, 0.25) is 5.04 Å². The van der Waals surface area contributed by atoms with Crippen molar-refractivity contribution in [1.29, 1.82) is 0 Å². The maximum Gasteiger partial charge on any atom is 0.488 e. The monoisotopic (exact) mass is 787 g/mol. The zero-order valence-electron chi connectivity index (χ0n) is 33.2. The van der Waals surface area contributed by atoms with Gasteiger partial charge in [0.1, 0.15) is 5.75 Å². The van der Waals surface area contributed by atoms with Gasteiger partial charge in [0.2, 0.25) is 11.8 Å². The Hall–Kier alpha value is -4.62. The van der Waals surface area contributed by atoms with Crippen LogP contribution in [-0.2, 0) is 14.0 Å². The first-order chi connectivity index (χ1) is 27.3. The van der Waals surface area contributed by atoms with Crippen molar-refractivity contribution in [1.82, 2.24) is 0 Å². The lowest BCUT2D eigenvalue weighted by molar-refractivity contribution is -0.123. The maximum absolute atomic E-state index is 14.4. The van der Waals surface area contributed by atoms with Gasteiger partial charge in [0.05, 0.1) is 36.8 Å². The molecule has 2 amide bonds. The average Bonchev–Trinajstić information content (AvgIpc) is 3.45. The van der Waals surface area contributed by atoms with Crippen LogP contribution in [-0.4, -0.2) is 71.9 Å². The molecule has 4 atom stereocenters.